The molecule has 6 heteroatoms. The van der Waals surface area contributed by atoms with Crippen molar-refractivity contribution in [1.82, 2.24) is 10.2 Å². The van der Waals surface area contributed by atoms with Gasteiger partial charge in [-0.25, -0.2) is 0 Å². The van der Waals surface area contributed by atoms with Crippen LogP contribution in [0.15, 0.2) is 24.3 Å². The fraction of sp³-hybridized carbons (Fsp3) is 0.579. The molecule has 0 spiro atoms. The van der Waals surface area contributed by atoms with Crippen molar-refractivity contribution in [1.29, 1.82) is 0 Å². The maximum Gasteiger partial charge on any atom is 0.243 e. The van der Waals surface area contributed by atoms with E-state index in [1.807, 2.05) is 24.3 Å². The Hall–Kier alpha value is -1.69. The van der Waals surface area contributed by atoms with Crippen LogP contribution in [0.25, 0.3) is 0 Å². The van der Waals surface area contributed by atoms with Crippen molar-refractivity contribution in [2.24, 2.45) is 5.92 Å². The van der Waals surface area contributed by atoms with Crippen LogP contribution in [0.3, 0.4) is 0 Å². The number of rotatable bonds is 7. The molecule has 1 saturated carbocycles. The SMILES string of the molecule is COc1ccccc1C1SCC(=O)N1C(CC(C)C)C(=O)NC1CC1. The molecule has 1 heterocycles. The zero-order valence-electron chi connectivity index (χ0n) is 15.0. The Bertz CT molecular complexity index is 645. The summed E-state index contributed by atoms with van der Waals surface area (Å²) in [5.74, 6) is 1.48. The molecule has 25 heavy (non-hydrogen) atoms. The van der Waals surface area contributed by atoms with Gasteiger partial charge in [-0.15, -0.1) is 11.8 Å². The van der Waals surface area contributed by atoms with Gasteiger partial charge in [0.05, 0.1) is 12.9 Å². The van der Waals surface area contributed by atoms with Gasteiger partial charge in [0.25, 0.3) is 0 Å². The van der Waals surface area contributed by atoms with E-state index in [9.17, 15) is 9.59 Å². The molecule has 3 rings (SSSR count). The van der Waals surface area contributed by atoms with E-state index in [2.05, 4.69) is 19.2 Å². The molecule has 1 aromatic rings. The first kappa shape index (κ1) is 18.1. The normalized spacial score (nSPS) is 21.5. The van der Waals surface area contributed by atoms with Crippen molar-refractivity contribution >= 4 is 23.6 Å². The summed E-state index contributed by atoms with van der Waals surface area (Å²) in [5, 5.41) is 2.90. The highest BCUT2D eigenvalue weighted by molar-refractivity contribution is 8.00. The summed E-state index contributed by atoms with van der Waals surface area (Å²) >= 11 is 1.56. The van der Waals surface area contributed by atoms with Gasteiger partial charge < -0.3 is 15.0 Å². The molecule has 1 aromatic carbocycles. The van der Waals surface area contributed by atoms with E-state index in [-0.39, 0.29) is 23.2 Å². The minimum absolute atomic E-state index is 0.0213. The molecule has 136 valence electrons. The molecule has 5 nitrogen and oxygen atoms in total. The molecular weight excluding hydrogens is 336 g/mol. The van der Waals surface area contributed by atoms with Gasteiger partial charge in [0.1, 0.15) is 17.2 Å². The van der Waals surface area contributed by atoms with E-state index in [4.69, 9.17) is 4.74 Å². The summed E-state index contributed by atoms with van der Waals surface area (Å²) in [6.07, 6.45) is 2.74. The maximum absolute atomic E-state index is 12.8. The van der Waals surface area contributed by atoms with Gasteiger partial charge in [-0.2, -0.15) is 0 Å². The molecule has 1 aliphatic heterocycles. The second-order valence-corrected chi connectivity index (χ2v) is 8.20. The van der Waals surface area contributed by atoms with Crippen LogP contribution in [0.4, 0.5) is 0 Å². The van der Waals surface area contributed by atoms with Crippen molar-refractivity contribution < 1.29 is 14.3 Å². The summed E-state index contributed by atoms with van der Waals surface area (Å²) in [4.78, 5) is 27.3. The average molecular weight is 362 g/mol. The molecular formula is C19H26N2O3S. The highest BCUT2D eigenvalue weighted by Crippen LogP contribution is 2.44. The van der Waals surface area contributed by atoms with E-state index in [1.54, 1.807) is 23.8 Å². The quantitative estimate of drug-likeness (QED) is 0.810. The van der Waals surface area contributed by atoms with Gasteiger partial charge in [0, 0.05) is 11.6 Å². The summed E-state index contributed by atoms with van der Waals surface area (Å²) < 4.78 is 5.49. The predicted octanol–water partition coefficient (Wildman–Crippen LogP) is 2.96. The minimum Gasteiger partial charge on any atom is -0.496 e. The third kappa shape index (κ3) is 4.11. The van der Waals surface area contributed by atoms with Crippen LogP contribution < -0.4 is 10.1 Å². The monoisotopic (exact) mass is 362 g/mol. The van der Waals surface area contributed by atoms with Gasteiger partial charge in [0.15, 0.2) is 0 Å². The van der Waals surface area contributed by atoms with E-state index < -0.39 is 6.04 Å². The van der Waals surface area contributed by atoms with Crippen LogP contribution in [0.1, 0.15) is 44.0 Å². The van der Waals surface area contributed by atoms with Crippen LogP contribution >= 0.6 is 11.8 Å². The number of carbonyl (C=O) groups is 2. The number of benzene rings is 1. The molecule has 1 N–H and O–H groups in total. The van der Waals surface area contributed by atoms with Crippen LogP contribution in [-0.4, -0.2) is 41.7 Å². The first-order valence-corrected chi connectivity index (χ1v) is 9.92. The Kier molecular flexibility index (Phi) is 5.57. The van der Waals surface area contributed by atoms with Crippen LogP contribution in [0, 0.1) is 5.92 Å². The topological polar surface area (TPSA) is 58.6 Å². The number of amides is 2. The second kappa shape index (κ2) is 7.68. The highest BCUT2D eigenvalue weighted by atomic mass is 32.2. The lowest BCUT2D eigenvalue weighted by atomic mass is 10.0. The molecule has 1 aliphatic carbocycles. The number of hydrogen-bond donors (Lipinski definition) is 1. The average Bonchev–Trinajstić information content (AvgIpc) is 3.32. The predicted molar refractivity (Wildman–Crippen MR) is 99.4 cm³/mol. The van der Waals surface area contributed by atoms with Crippen molar-refractivity contribution in [2.45, 2.75) is 50.6 Å². The summed E-state index contributed by atoms with van der Waals surface area (Å²) in [6, 6.07) is 7.60. The van der Waals surface area contributed by atoms with Crippen molar-refractivity contribution in [2.75, 3.05) is 12.9 Å². The highest BCUT2D eigenvalue weighted by Gasteiger charge is 2.42. The fourth-order valence-corrected chi connectivity index (χ4v) is 4.45. The Morgan fingerprint density at radius 1 is 1.36 bits per heavy atom. The largest absolute Gasteiger partial charge is 0.496 e. The van der Waals surface area contributed by atoms with E-state index >= 15 is 0 Å². The fourth-order valence-electron chi connectivity index (χ4n) is 3.20. The molecule has 1 saturated heterocycles. The lowest BCUT2D eigenvalue weighted by Gasteiger charge is -2.33. The maximum atomic E-state index is 12.8. The van der Waals surface area contributed by atoms with E-state index in [0.29, 0.717) is 18.1 Å². The van der Waals surface area contributed by atoms with Crippen molar-refractivity contribution in [3.8, 4) is 5.75 Å². The number of methoxy groups -OCH3 is 1. The Morgan fingerprint density at radius 2 is 2.08 bits per heavy atom. The third-order valence-corrected chi connectivity index (χ3v) is 5.78. The van der Waals surface area contributed by atoms with Gasteiger partial charge in [-0.1, -0.05) is 32.0 Å². The Labute approximate surface area is 153 Å². The van der Waals surface area contributed by atoms with Gasteiger partial charge >= 0.3 is 0 Å². The summed E-state index contributed by atoms with van der Waals surface area (Å²) in [5.41, 5.74) is 0.953. The minimum atomic E-state index is -0.432. The molecule has 0 aromatic heterocycles. The zero-order chi connectivity index (χ0) is 18.0. The summed E-state index contributed by atoms with van der Waals surface area (Å²) in [6.45, 7) is 4.17. The number of para-hydroxylation sites is 1. The van der Waals surface area contributed by atoms with E-state index in [0.717, 1.165) is 24.2 Å². The number of carbonyl (C=O) groups excluding carboxylic acids is 2. The Morgan fingerprint density at radius 3 is 2.72 bits per heavy atom. The van der Waals surface area contributed by atoms with Gasteiger partial charge in [0.2, 0.25) is 11.8 Å². The number of nitrogens with zero attached hydrogens (tertiary/aromatic N) is 1. The van der Waals surface area contributed by atoms with Crippen molar-refractivity contribution in [3.63, 3.8) is 0 Å². The third-order valence-electron chi connectivity index (χ3n) is 4.57. The number of nitrogens with one attached hydrogen (secondary N) is 1. The number of thioether (sulfide) groups is 1. The lowest BCUT2D eigenvalue weighted by molar-refractivity contribution is -0.139. The molecule has 2 unspecified atom stereocenters. The molecule has 0 bridgehead atoms. The van der Waals surface area contributed by atoms with Crippen LogP contribution in [0.2, 0.25) is 0 Å². The standard InChI is InChI=1S/C19H26N2O3S/c1-12(2)10-15(18(23)20-13-8-9-13)21-17(22)11-25-19(21)14-6-4-5-7-16(14)24-3/h4-7,12-13,15,19H,8-11H2,1-3H3,(H,20,23). The smallest absolute Gasteiger partial charge is 0.243 e. The lowest BCUT2D eigenvalue weighted by Crippen LogP contribution is -2.49. The second-order valence-electron chi connectivity index (χ2n) is 7.13. The molecule has 0 radical (unpaired) electrons. The number of hydrogen-bond acceptors (Lipinski definition) is 4. The van der Waals surface area contributed by atoms with Crippen LogP contribution in [-0.2, 0) is 9.59 Å². The zero-order valence-corrected chi connectivity index (χ0v) is 15.8. The molecule has 2 fully saturated rings. The molecule has 2 aliphatic rings. The van der Waals surface area contributed by atoms with Gasteiger partial charge in [-0.3, -0.25) is 9.59 Å². The van der Waals surface area contributed by atoms with Crippen LogP contribution in [0.5, 0.6) is 5.75 Å². The summed E-state index contributed by atoms with van der Waals surface area (Å²) in [7, 11) is 1.63. The van der Waals surface area contributed by atoms with E-state index in [1.165, 1.54) is 0 Å². The van der Waals surface area contributed by atoms with Crippen molar-refractivity contribution in [3.05, 3.63) is 29.8 Å². The first-order valence-electron chi connectivity index (χ1n) is 8.87. The van der Waals surface area contributed by atoms with Gasteiger partial charge in [-0.05, 0) is 31.2 Å². The Balaban J connectivity index is 1.90. The number of ether oxygens (including phenoxy) is 1. The first-order chi connectivity index (χ1) is 12.0. The molecule has 2 atom stereocenters. The molecule has 2 amide bonds.